The molecule has 0 aromatic rings. The Kier molecular flexibility index (Phi) is 6.81. The summed E-state index contributed by atoms with van der Waals surface area (Å²) in [5, 5.41) is 45.3. The summed E-state index contributed by atoms with van der Waals surface area (Å²) in [5.74, 6) is -3.24. The third-order valence-corrected chi connectivity index (χ3v) is 2.21. The van der Waals surface area contributed by atoms with Gasteiger partial charge in [0.05, 0.1) is 13.0 Å². The molecule has 104 valence electrons. The van der Waals surface area contributed by atoms with Crippen LogP contribution in [0.2, 0.25) is 0 Å². The Morgan fingerprint density at radius 2 is 1.50 bits per heavy atom. The first-order chi connectivity index (χ1) is 8.22. The van der Waals surface area contributed by atoms with E-state index >= 15 is 0 Å². The predicted octanol–water partition coefficient (Wildman–Crippen LogP) is -3.46. The molecule has 8 heteroatoms. The van der Waals surface area contributed by atoms with Crippen LogP contribution < -0.4 is 0 Å². The number of carbonyl (C=O) groups is 3. The van der Waals surface area contributed by atoms with E-state index in [2.05, 4.69) is 0 Å². The summed E-state index contributed by atoms with van der Waals surface area (Å²) in [6, 6.07) is 0. The first kappa shape index (κ1) is 16.8. The van der Waals surface area contributed by atoms with Crippen molar-refractivity contribution in [3.8, 4) is 0 Å². The highest BCUT2D eigenvalue weighted by atomic mass is 16.4. The Bertz CT molecular complexity index is 326. The van der Waals surface area contributed by atoms with Crippen LogP contribution >= 0.6 is 0 Å². The van der Waals surface area contributed by atoms with Gasteiger partial charge < -0.3 is 25.5 Å². The lowest BCUT2D eigenvalue weighted by Crippen LogP contribution is -2.50. The van der Waals surface area contributed by atoms with Crippen molar-refractivity contribution >= 4 is 17.3 Å². The molecule has 0 aliphatic rings. The first-order valence-electron chi connectivity index (χ1n) is 5.12. The van der Waals surface area contributed by atoms with E-state index in [0.717, 1.165) is 6.92 Å². The van der Waals surface area contributed by atoms with Crippen LogP contribution in [0.15, 0.2) is 0 Å². The summed E-state index contributed by atoms with van der Waals surface area (Å²) >= 11 is 0. The molecule has 0 fully saturated rings. The van der Waals surface area contributed by atoms with Crippen LogP contribution in [0.1, 0.15) is 13.3 Å². The monoisotopic (exact) mass is 264 g/mol. The van der Waals surface area contributed by atoms with Gasteiger partial charge in [-0.3, -0.25) is 14.4 Å². The SMILES string of the molecule is CC(=O)CC(=O)C(=O)[C@H](O)[C@@H](O)[C@H](O)[C@H](O)CO. The molecule has 0 unspecified atom stereocenters. The fraction of sp³-hybridized carbons (Fsp3) is 0.700. The lowest BCUT2D eigenvalue weighted by atomic mass is 9.97. The van der Waals surface area contributed by atoms with E-state index in [0.29, 0.717) is 0 Å². The number of aliphatic hydroxyl groups is 5. The van der Waals surface area contributed by atoms with Crippen molar-refractivity contribution < 1.29 is 39.9 Å². The molecule has 18 heavy (non-hydrogen) atoms. The largest absolute Gasteiger partial charge is 0.394 e. The highest BCUT2D eigenvalue weighted by Crippen LogP contribution is 2.07. The minimum atomic E-state index is -2.27. The van der Waals surface area contributed by atoms with Crippen molar-refractivity contribution in [3.63, 3.8) is 0 Å². The van der Waals surface area contributed by atoms with Crippen LogP contribution in [0.25, 0.3) is 0 Å². The molecule has 8 nitrogen and oxygen atoms in total. The number of Topliss-reactive ketones (excluding diaryl/α,β-unsaturated/α-hetero) is 3. The highest BCUT2D eigenvalue weighted by molar-refractivity contribution is 6.41. The van der Waals surface area contributed by atoms with Crippen molar-refractivity contribution in [2.75, 3.05) is 6.61 Å². The molecule has 0 aliphatic carbocycles. The second-order valence-electron chi connectivity index (χ2n) is 3.84. The molecule has 5 N–H and O–H groups in total. The fourth-order valence-corrected chi connectivity index (χ4v) is 1.16. The van der Waals surface area contributed by atoms with Crippen molar-refractivity contribution in [1.29, 1.82) is 0 Å². The van der Waals surface area contributed by atoms with E-state index < -0.39 is 54.8 Å². The second kappa shape index (κ2) is 7.29. The number of ketones is 3. The van der Waals surface area contributed by atoms with E-state index in [4.69, 9.17) is 10.2 Å². The quantitative estimate of drug-likeness (QED) is 0.224. The molecule has 0 aromatic heterocycles. The van der Waals surface area contributed by atoms with Gasteiger partial charge in [-0.25, -0.2) is 0 Å². The summed E-state index contributed by atoms with van der Waals surface area (Å²) in [4.78, 5) is 33.0. The standard InChI is InChI=1S/C10H16O8/c1-4(12)2-5(13)7(15)9(17)10(18)8(16)6(14)3-11/h6,8-11,14,16-18H,2-3H2,1H3/t6-,8-,9+,10+/m1/s1. The van der Waals surface area contributed by atoms with E-state index in [1.165, 1.54) is 0 Å². The Morgan fingerprint density at radius 3 is 1.89 bits per heavy atom. The van der Waals surface area contributed by atoms with Gasteiger partial charge in [0.2, 0.25) is 11.6 Å². The lowest BCUT2D eigenvalue weighted by molar-refractivity contribution is -0.154. The van der Waals surface area contributed by atoms with Gasteiger partial charge in [-0.15, -0.1) is 0 Å². The third kappa shape index (κ3) is 4.59. The molecule has 0 saturated heterocycles. The zero-order valence-electron chi connectivity index (χ0n) is 9.68. The third-order valence-electron chi connectivity index (χ3n) is 2.21. The topological polar surface area (TPSA) is 152 Å². The van der Waals surface area contributed by atoms with Gasteiger partial charge in [0, 0.05) is 0 Å². The van der Waals surface area contributed by atoms with Gasteiger partial charge in [-0.1, -0.05) is 0 Å². The normalized spacial score (nSPS) is 17.7. The molecule has 4 atom stereocenters. The van der Waals surface area contributed by atoms with E-state index in [9.17, 15) is 29.7 Å². The van der Waals surface area contributed by atoms with Crippen LogP contribution in [-0.4, -0.2) is 73.9 Å². The Labute approximate surface area is 102 Å². The molecular formula is C10H16O8. The molecular weight excluding hydrogens is 248 g/mol. The van der Waals surface area contributed by atoms with Crippen molar-refractivity contribution in [1.82, 2.24) is 0 Å². The van der Waals surface area contributed by atoms with Gasteiger partial charge in [-0.2, -0.15) is 0 Å². The summed E-state index contributed by atoms with van der Waals surface area (Å²) in [6.07, 6.45) is -8.91. The first-order valence-corrected chi connectivity index (χ1v) is 5.12. The van der Waals surface area contributed by atoms with E-state index in [1.54, 1.807) is 0 Å². The summed E-state index contributed by atoms with van der Waals surface area (Å²) in [7, 11) is 0. The second-order valence-corrected chi connectivity index (χ2v) is 3.84. The van der Waals surface area contributed by atoms with Crippen molar-refractivity contribution in [2.24, 2.45) is 0 Å². The number of hydrogen-bond donors (Lipinski definition) is 5. The molecule has 0 bridgehead atoms. The minimum Gasteiger partial charge on any atom is -0.394 e. The molecule has 0 saturated carbocycles. The van der Waals surface area contributed by atoms with Crippen molar-refractivity contribution in [2.45, 2.75) is 37.8 Å². The Balaban J connectivity index is 4.63. The highest BCUT2D eigenvalue weighted by Gasteiger charge is 2.36. The summed E-state index contributed by atoms with van der Waals surface area (Å²) < 4.78 is 0. The maximum Gasteiger partial charge on any atom is 0.229 e. The predicted molar refractivity (Wildman–Crippen MR) is 56.4 cm³/mol. The number of rotatable bonds is 8. The van der Waals surface area contributed by atoms with E-state index in [-0.39, 0.29) is 0 Å². The average molecular weight is 264 g/mol. The van der Waals surface area contributed by atoms with Gasteiger partial charge in [-0.05, 0) is 6.92 Å². The number of carbonyl (C=O) groups excluding carboxylic acids is 3. The Morgan fingerprint density at radius 1 is 1.00 bits per heavy atom. The average Bonchev–Trinajstić information content (AvgIpc) is 2.33. The summed E-state index contributed by atoms with van der Waals surface area (Å²) in [5.41, 5.74) is 0. The minimum absolute atomic E-state index is 0.592. The maximum atomic E-state index is 11.3. The zero-order valence-corrected chi connectivity index (χ0v) is 9.68. The van der Waals surface area contributed by atoms with Crippen LogP contribution in [0.4, 0.5) is 0 Å². The zero-order chi connectivity index (χ0) is 14.5. The van der Waals surface area contributed by atoms with Crippen LogP contribution in [-0.2, 0) is 14.4 Å². The number of aliphatic hydroxyl groups excluding tert-OH is 5. The molecule has 0 radical (unpaired) electrons. The molecule has 0 amide bonds. The van der Waals surface area contributed by atoms with Crippen molar-refractivity contribution in [3.05, 3.63) is 0 Å². The van der Waals surface area contributed by atoms with Gasteiger partial charge >= 0.3 is 0 Å². The molecule has 0 spiro atoms. The summed E-state index contributed by atoms with van der Waals surface area (Å²) in [6.45, 7) is 0.166. The fourth-order valence-electron chi connectivity index (χ4n) is 1.16. The molecule has 0 aliphatic heterocycles. The smallest absolute Gasteiger partial charge is 0.229 e. The van der Waals surface area contributed by atoms with Gasteiger partial charge in [0.15, 0.2) is 0 Å². The Hall–Kier alpha value is -1.19. The van der Waals surface area contributed by atoms with Crippen LogP contribution in [0.3, 0.4) is 0 Å². The van der Waals surface area contributed by atoms with E-state index in [1.807, 2.05) is 0 Å². The van der Waals surface area contributed by atoms with Gasteiger partial charge in [0.25, 0.3) is 0 Å². The lowest BCUT2D eigenvalue weighted by Gasteiger charge is -2.24. The molecule has 0 aromatic carbocycles. The van der Waals surface area contributed by atoms with Crippen LogP contribution in [0.5, 0.6) is 0 Å². The van der Waals surface area contributed by atoms with Crippen LogP contribution in [0, 0.1) is 0 Å². The maximum absolute atomic E-state index is 11.3. The number of hydrogen-bond acceptors (Lipinski definition) is 8. The molecule has 0 heterocycles. The van der Waals surface area contributed by atoms with Gasteiger partial charge in [0.1, 0.15) is 30.2 Å². The molecule has 0 rings (SSSR count).